The average Bonchev–Trinajstić information content (AvgIpc) is 3.33. The van der Waals surface area contributed by atoms with Crippen molar-refractivity contribution in [3.8, 4) is 0 Å². The molecular weight excluding hydrogens is 410 g/mol. The standard InChI is InChI=1S/C11H23BN2O2.C10H21BN2O3/c1-11(2,3)9(13)10(15)14-7-5-6-8(14)12(4)16;1-10(2,3)8(12)9(14)13-6-4-5-7(13)11(15)16/h8-9,16H,5-7,13H2,1-4H3;7-8,15-16H,4-6,12H2,1-3H3/t8-,9+;7-,8+/m00/s1. The predicted molar refractivity (Wildman–Crippen MR) is 128 cm³/mol. The summed E-state index contributed by atoms with van der Waals surface area (Å²) in [6.07, 6.45) is 3.25. The van der Waals surface area contributed by atoms with Crippen molar-refractivity contribution in [3.05, 3.63) is 0 Å². The molecule has 2 saturated heterocycles. The van der Waals surface area contributed by atoms with Crippen molar-refractivity contribution >= 4 is 25.8 Å². The second-order valence-electron chi connectivity index (χ2n) is 11.3. The molecule has 2 aliphatic rings. The summed E-state index contributed by atoms with van der Waals surface area (Å²) < 4.78 is 0. The van der Waals surface area contributed by atoms with Crippen LogP contribution in [0.25, 0.3) is 0 Å². The van der Waals surface area contributed by atoms with Crippen LogP contribution in [0.3, 0.4) is 0 Å². The molecule has 11 heteroatoms. The number of likely N-dealkylation sites (tertiary alicyclic amines) is 2. The number of rotatable bonds is 4. The minimum Gasteiger partial charge on any atom is -0.449 e. The van der Waals surface area contributed by atoms with Gasteiger partial charge in [-0.1, -0.05) is 48.4 Å². The molecule has 0 bridgehead atoms. The Bertz CT molecular complexity index is 583. The van der Waals surface area contributed by atoms with Gasteiger partial charge >= 0.3 is 14.0 Å². The lowest BCUT2D eigenvalue weighted by Gasteiger charge is -2.33. The van der Waals surface area contributed by atoms with E-state index in [1.807, 2.05) is 41.5 Å². The SMILES string of the molecule is CB(O)[C@@H]1CCCN1C(=O)[C@@H](N)C(C)(C)C.CC(C)(C)[C@H](N)C(=O)N1CCC[C@H]1B(O)O. The van der Waals surface area contributed by atoms with E-state index >= 15 is 0 Å². The number of carbonyl (C=O) groups excluding carboxylic acids is 2. The van der Waals surface area contributed by atoms with Crippen LogP contribution in [0.15, 0.2) is 0 Å². The van der Waals surface area contributed by atoms with Gasteiger partial charge in [-0.15, -0.1) is 0 Å². The van der Waals surface area contributed by atoms with Gasteiger partial charge in [0.15, 0.2) is 0 Å². The fourth-order valence-corrected chi connectivity index (χ4v) is 4.04. The van der Waals surface area contributed by atoms with Gasteiger partial charge in [0.1, 0.15) is 0 Å². The maximum absolute atomic E-state index is 12.2. The minimum atomic E-state index is -1.47. The van der Waals surface area contributed by atoms with E-state index in [2.05, 4.69) is 0 Å². The first-order valence-corrected chi connectivity index (χ1v) is 11.7. The molecule has 0 spiro atoms. The van der Waals surface area contributed by atoms with E-state index in [0.717, 1.165) is 25.8 Å². The third-order valence-electron chi connectivity index (χ3n) is 6.46. The first-order valence-electron chi connectivity index (χ1n) is 11.7. The van der Waals surface area contributed by atoms with E-state index < -0.39 is 32.1 Å². The Kier molecular flexibility index (Phi) is 10.2. The van der Waals surface area contributed by atoms with E-state index in [0.29, 0.717) is 13.0 Å². The fourth-order valence-electron chi connectivity index (χ4n) is 4.04. The third kappa shape index (κ3) is 7.45. The molecule has 9 nitrogen and oxygen atoms in total. The molecule has 0 aliphatic carbocycles. The largest absolute Gasteiger partial charge is 0.475 e. The Morgan fingerprint density at radius 1 is 0.812 bits per heavy atom. The molecule has 4 atom stereocenters. The number of amides is 2. The van der Waals surface area contributed by atoms with Gasteiger partial charge in [0.2, 0.25) is 11.8 Å². The Hall–Kier alpha value is -1.13. The summed E-state index contributed by atoms with van der Waals surface area (Å²) in [6, 6.07) is -1.10. The number of hydrogen-bond acceptors (Lipinski definition) is 7. The Labute approximate surface area is 194 Å². The molecule has 0 aromatic carbocycles. The second kappa shape index (κ2) is 11.3. The van der Waals surface area contributed by atoms with Crippen molar-refractivity contribution in [2.45, 2.75) is 98.0 Å². The van der Waals surface area contributed by atoms with Crippen LogP contribution in [0.2, 0.25) is 6.82 Å². The van der Waals surface area contributed by atoms with Crippen molar-refractivity contribution in [1.82, 2.24) is 9.80 Å². The second-order valence-corrected chi connectivity index (χ2v) is 11.3. The fraction of sp³-hybridized carbons (Fsp3) is 0.905. The van der Waals surface area contributed by atoms with Crippen LogP contribution in [0.4, 0.5) is 0 Å². The van der Waals surface area contributed by atoms with Crippen molar-refractivity contribution < 1.29 is 24.7 Å². The van der Waals surface area contributed by atoms with Crippen molar-refractivity contribution in [2.75, 3.05) is 13.1 Å². The topological polar surface area (TPSA) is 153 Å². The van der Waals surface area contributed by atoms with Gasteiger partial charge in [0, 0.05) is 19.0 Å². The lowest BCUT2D eigenvalue weighted by atomic mass is 9.62. The van der Waals surface area contributed by atoms with Crippen LogP contribution in [0.5, 0.6) is 0 Å². The van der Waals surface area contributed by atoms with Crippen LogP contribution in [-0.2, 0) is 9.59 Å². The van der Waals surface area contributed by atoms with Crippen LogP contribution in [0.1, 0.15) is 67.2 Å². The van der Waals surface area contributed by atoms with E-state index in [9.17, 15) is 24.7 Å². The number of nitrogens with two attached hydrogens (primary N) is 2. The third-order valence-corrected chi connectivity index (χ3v) is 6.46. The van der Waals surface area contributed by atoms with Gasteiger partial charge in [-0.25, -0.2) is 0 Å². The molecule has 184 valence electrons. The quantitative estimate of drug-likeness (QED) is 0.371. The van der Waals surface area contributed by atoms with Gasteiger partial charge in [-0.05, 0) is 36.5 Å². The van der Waals surface area contributed by atoms with Crippen molar-refractivity contribution in [1.29, 1.82) is 0 Å². The molecule has 2 heterocycles. The zero-order valence-electron chi connectivity index (χ0n) is 20.9. The highest BCUT2D eigenvalue weighted by Crippen LogP contribution is 2.26. The molecule has 7 N–H and O–H groups in total. The molecule has 0 saturated carbocycles. The summed E-state index contributed by atoms with van der Waals surface area (Å²) in [7, 11) is -1.47. The molecule has 0 aromatic heterocycles. The van der Waals surface area contributed by atoms with E-state index in [1.54, 1.807) is 11.7 Å². The Balaban J connectivity index is 0.000000320. The minimum absolute atomic E-state index is 0.0316. The van der Waals surface area contributed by atoms with Crippen LogP contribution < -0.4 is 11.5 Å². The summed E-state index contributed by atoms with van der Waals surface area (Å²) in [5, 5.41) is 28.0. The first-order chi connectivity index (χ1) is 14.5. The lowest BCUT2D eigenvalue weighted by Crippen LogP contribution is -2.55. The summed E-state index contributed by atoms with van der Waals surface area (Å²) >= 11 is 0. The van der Waals surface area contributed by atoms with Gasteiger partial charge in [-0.3, -0.25) is 9.59 Å². The van der Waals surface area contributed by atoms with Crippen LogP contribution in [0, 0.1) is 10.8 Å². The van der Waals surface area contributed by atoms with Crippen LogP contribution in [-0.4, -0.2) is 87.8 Å². The first kappa shape index (κ1) is 28.9. The number of hydrogen-bond donors (Lipinski definition) is 5. The molecule has 2 fully saturated rings. The van der Waals surface area contributed by atoms with Gasteiger partial charge in [-0.2, -0.15) is 0 Å². The average molecular weight is 454 g/mol. The molecule has 2 amide bonds. The monoisotopic (exact) mass is 454 g/mol. The van der Waals surface area contributed by atoms with E-state index in [-0.39, 0.29) is 28.6 Å². The van der Waals surface area contributed by atoms with E-state index in [4.69, 9.17) is 11.5 Å². The lowest BCUT2D eigenvalue weighted by molar-refractivity contribution is -0.135. The highest BCUT2D eigenvalue weighted by Gasteiger charge is 2.41. The normalized spacial score (nSPS) is 23.4. The Morgan fingerprint density at radius 2 is 1.16 bits per heavy atom. The number of carbonyl (C=O) groups is 2. The number of nitrogens with zero attached hydrogens (tertiary/aromatic N) is 2. The van der Waals surface area contributed by atoms with Gasteiger partial charge in [0.05, 0.1) is 18.0 Å². The molecule has 0 radical (unpaired) electrons. The van der Waals surface area contributed by atoms with Crippen LogP contribution >= 0.6 is 0 Å². The molecule has 2 rings (SSSR count). The maximum atomic E-state index is 12.2. The zero-order chi connectivity index (χ0) is 25.0. The summed E-state index contributed by atoms with van der Waals surface area (Å²) in [4.78, 5) is 27.5. The van der Waals surface area contributed by atoms with Crippen molar-refractivity contribution in [3.63, 3.8) is 0 Å². The van der Waals surface area contributed by atoms with Crippen molar-refractivity contribution in [2.24, 2.45) is 22.3 Å². The predicted octanol–water partition coefficient (Wildman–Crippen LogP) is -0.134. The smallest absolute Gasteiger partial charge is 0.449 e. The Morgan fingerprint density at radius 3 is 1.47 bits per heavy atom. The molecule has 0 unspecified atom stereocenters. The maximum Gasteiger partial charge on any atom is 0.475 e. The molecule has 0 aromatic rings. The summed E-state index contributed by atoms with van der Waals surface area (Å²) in [5.41, 5.74) is 11.3. The molecule has 2 aliphatic heterocycles. The van der Waals surface area contributed by atoms with E-state index in [1.165, 1.54) is 4.90 Å². The summed E-state index contributed by atoms with van der Waals surface area (Å²) in [6.45, 7) is 14.1. The van der Waals surface area contributed by atoms with Gasteiger partial charge < -0.3 is 36.3 Å². The zero-order valence-corrected chi connectivity index (χ0v) is 20.9. The molecule has 32 heavy (non-hydrogen) atoms. The highest BCUT2D eigenvalue weighted by molar-refractivity contribution is 6.51. The summed E-state index contributed by atoms with van der Waals surface area (Å²) in [5.74, 6) is -0.777. The van der Waals surface area contributed by atoms with Gasteiger partial charge in [0.25, 0.3) is 0 Å². The molecular formula is C21H44B2N4O5. The highest BCUT2D eigenvalue weighted by atomic mass is 16.4.